The summed E-state index contributed by atoms with van der Waals surface area (Å²) >= 11 is 0. The van der Waals surface area contributed by atoms with E-state index >= 15 is 0 Å². The summed E-state index contributed by atoms with van der Waals surface area (Å²) in [5.74, 6) is 1.40. The predicted octanol–water partition coefficient (Wildman–Crippen LogP) is 3.02. The van der Waals surface area contributed by atoms with E-state index in [1.54, 1.807) is 0 Å². The summed E-state index contributed by atoms with van der Waals surface area (Å²) in [6, 6.07) is 0.435. The molecular weight excluding hydrogens is 252 g/mol. The maximum atomic E-state index is 11.9. The molecule has 20 heavy (non-hydrogen) atoms. The molecule has 4 nitrogen and oxygen atoms in total. The van der Waals surface area contributed by atoms with E-state index in [9.17, 15) is 4.79 Å². The van der Waals surface area contributed by atoms with Crippen LogP contribution >= 0.6 is 0 Å². The van der Waals surface area contributed by atoms with E-state index < -0.39 is 0 Å². The third-order valence-electron chi connectivity index (χ3n) is 4.61. The highest BCUT2D eigenvalue weighted by molar-refractivity contribution is 5.67. The Balaban J connectivity index is 1.76. The predicted molar refractivity (Wildman–Crippen MR) is 80.7 cm³/mol. The van der Waals surface area contributed by atoms with Gasteiger partial charge in [-0.2, -0.15) is 0 Å². The normalized spacial score (nSPS) is 28.4. The molecule has 116 valence electrons. The van der Waals surface area contributed by atoms with Crippen LogP contribution in [0.4, 0.5) is 4.79 Å². The molecule has 1 heterocycles. The number of piperidine rings is 1. The molecule has 2 unspecified atom stereocenters. The molecule has 0 aromatic heterocycles. The number of carbonyl (C=O) groups is 1. The molecule has 2 rings (SSSR count). The summed E-state index contributed by atoms with van der Waals surface area (Å²) in [5.41, 5.74) is 0. The number of hydrogen-bond acceptors (Lipinski definition) is 3. The summed E-state index contributed by atoms with van der Waals surface area (Å²) in [6.45, 7) is 7.30. The monoisotopic (exact) mass is 282 g/mol. The zero-order valence-corrected chi connectivity index (χ0v) is 13.1. The summed E-state index contributed by atoms with van der Waals surface area (Å²) < 4.78 is 5.13. The van der Waals surface area contributed by atoms with E-state index in [1.165, 1.54) is 38.5 Å². The SMILES string of the molecule is CCOC(=O)N1CC(C)CC(NCC2CCCCC2)C1. The summed E-state index contributed by atoms with van der Waals surface area (Å²) in [7, 11) is 0. The van der Waals surface area contributed by atoms with Crippen molar-refractivity contribution in [3.05, 3.63) is 0 Å². The van der Waals surface area contributed by atoms with Crippen LogP contribution in [0.1, 0.15) is 52.4 Å². The molecule has 1 N–H and O–H groups in total. The number of rotatable bonds is 4. The molecule has 1 aliphatic carbocycles. The lowest BCUT2D eigenvalue weighted by atomic mass is 9.88. The van der Waals surface area contributed by atoms with E-state index in [1.807, 2.05) is 11.8 Å². The standard InChI is InChI=1S/C16H30N2O2/c1-3-20-16(19)18-11-13(2)9-15(12-18)17-10-14-7-5-4-6-8-14/h13-15,17H,3-12H2,1-2H3. The Morgan fingerprint density at radius 1 is 1.25 bits per heavy atom. The number of nitrogens with one attached hydrogen (secondary N) is 1. The lowest BCUT2D eigenvalue weighted by molar-refractivity contribution is 0.0805. The Bertz CT molecular complexity index is 303. The van der Waals surface area contributed by atoms with Gasteiger partial charge in [-0.1, -0.05) is 26.2 Å². The van der Waals surface area contributed by atoms with Gasteiger partial charge in [0.15, 0.2) is 0 Å². The molecular formula is C16H30N2O2. The van der Waals surface area contributed by atoms with Gasteiger partial charge in [0.1, 0.15) is 0 Å². The highest BCUT2D eigenvalue weighted by Crippen LogP contribution is 2.24. The fourth-order valence-electron chi connectivity index (χ4n) is 3.59. The molecule has 2 aliphatic rings. The first kappa shape index (κ1) is 15.6. The van der Waals surface area contributed by atoms with Crippen molar-refractivity contribution in [3.63, 3.8) is 0 Å². The Hall–Kier alpha value is -0.770. The van der Waals surface area contributed by atoms with Crippen molar-refractivity contribution in [3.8, 4) is 0 Å². The number of nitrogens with zero attached hydrogens (tertiary/aromatic N) is 1. The number of likely N-dealkylation sites (tertiary alicyclic amines) is 1. The number of ether oxygens (including phenoxy) is 1. The van der Waals surface area contributed by atoms with Crippen LogP contribution < -0.4 is 5.32 Å². The van der Waals surface area contributed by atoms with E-state index in [-0.39, 0.29) is 6.09 Å². The Morgan fingerprint density at radius 2 is 2.00 bits per heavy atom. The molecule has 1 amide bonds. The number of hydrogen-bond donors (Lipinski definition) is 1. The molecule has 4 heteroatoms. The van der Waals surface area contributed by atoms with Crippen molar-refractivity contribution < 1.29 is 9.53 Å². The third kappa shape index (κ3) is 4.65. The molecule has 0 spiro atoms. The number of amides is 1. The van der Waals surface area contributed by atoms with Crippen LogP contribution in [0.5, 0.6) is 0 Å². The third-order valence-corrected chi connectivity index (χ3v) is 4.61. The van der Waals surface area contributed by atoms with Crippen molar-refractivity contribution in [1.29, 1.82) is 0 Å². The zero-order chi connectivity index (χ0) is 14.4. The molecule has 1 aliphatic heterocycles. The van der Waals surface area contributed by atoms with Gasteiger partial charge in [-0.3, -0.25) is 0 Å². The van der Waals surface area contributed by atoms with Crippen molar-refractivity contribution in [2.75, 3.05) is 26.2 Å². The van der Waals surface area contributed by atoms with Gasteiger partial charge >= 0.3 is 6.09 Å². The molecule has 0 bridgehead atoms. The quantitative estimate of drug-likeness (QED) is 0.862. The molecule has 2 atom stereocenters. The Labute approximate surface area is 123 Å². The van der Waals surface area contributed by atoms with Crippen molar-refractivity contribution in [2.24, 2.45) is 11.8 Å². The maximum absolute atomic E-state index is 11.9. The maximum Gasteiger partial charge on any atom is 0.409 e. The van der Waals surface area contributed by atoms with Crippen LogP contribution in [0.25, 0.3) is 0 Å². The second kappa shape index (κ2) is 7.87. The summed E-state index contributed by atoms with van der Waals surface area (Å²) in [5, 5.41) is 3.70. The first-order valence-electron chi connectivity index (χ1n) is 8.34. The summed E-state index contributed by atoms with van der Waals surface area (Å²) in [6.07, 6.45) is 7.96. The van der Waals surface area contributed by atoms with Crippen LogP contribution in [0.2, 0.25) is 0 Å². The molecule has 0 radical (unpaired) electrons. The van der Waals surface area contributed by atoms with Crippen LogP contribution in [0, 0.1) is 11.8 Å². The van der Waals surface area contributed by atoms with Gasteiger partial charge in [-0.25, -0.2) is 4.79 Å². The van der Waals surface area contributed by atoms with Gasteiger partial charge in [0, 0.05) is 19.1 Å². The first-order chi connectivity index (χ1) is 9.69. The van der Waals surface area contributed by atoms with Crippen LogP contribution in [-0.2, 0) is 4.74 Å². The largest absolute Gasteiger partial charge is 0.450 e. The molecule has 0 aromatic carbocycles. The second-order valence-corrected chi connectivity index (χ2v) is 6.55. The second-order valence-electron chi connectivity index (χ2n) is 6.55. The van der Waals surface area contributed by atoms with Crippen LogP contribution in [0.3, 0.4) is 0 Å². The Kier molecular flexibility index (Phi) is 6.14. The van der Waals surface area contributed by atoms with E-state index in [0.29, 0.717) is 18.6 Å². The molecule has 1 saturated carbocycles. The van der Waals surface area contributed by atoms with Crippen molar-refractivity contribution >= 4 is 6.09 Å². The smallest absolute Gasteiger partial charge is 0.409 e. The fourth-order valence-corrected chi connectivity index (χ4v) is 3.59. The topological polar surface area (TPSA) is 41.6 Å². The van der Waals surface area contributed by atoms with Gasteiger partial charge < -0.3 is 15.0 Å². The first-order valence-corrected chi connectivity index (χ1v) is 8.34. The van der Waals surface area contributed by atoms with Gasteiger partial charge in [-0.15, -0.1) is 0 Å². The minimum absolute atomic E-state index is 0.150. The minimum Gasteiger partial charge on any atom is -0.450 e. The highest BCUT2D eigenvalue weighted by atomic mass is 16.6. The molecule has 1 saturated heterocycles. The van der Waals surface area contributed by atoms with E-state index in [0.717, 1.165) is 25.6 Å². The molecule has 2 fully saturated rings. The number of carbonyl (C=O) groups excluding carboxylic acids is 1. The lowest BCUT2D eigenvalue weighted by Gasteiger charge is -2.37. The van der Waals surface area contributed by atoms with Crippen LogP contribution in [0.15, 0.2) is 0 Å². The average molecular weight is 282 g/mol. The average Bonchev–Trinajstić information content (AvgIpc) is 2.46. The van der Waals surface area contributed by atoms with Gasteiger partial charge in [0.25, 0.3) is 0 Å². The summed E-state index contributed by atoms with van der Waals surface area (Å²) in [4.78, 5) is 13.7. The molecule has 0 aromatic rings. The lowest BCUT2D eigenvalue weighted by Crippen LogP contribution is -2.51. The fraction of sp³-hybridized carbons (Fsp3) is 0.938. The minimum atomic E-state index is -0.150. The van der Waals surface area contributed by atoms with Gasteiger partial charge in [0.05, 0.1) is 6.61 Å². The van der Waals surface area contributed by atoms with Crippen LogP contribution in [-0.4, -0.2) is 43.3 Å². The van der Waals surface area contributed by atoms with E-state index in [2.05, 4.69) is 12.2 Å². The van der Waals surface area contributed by atoms with Gasteiger partial charge in [-0.05, 0) is 44.6 Å². The Morgan fingerprint density at radius 3 is 2.70 bits per heavy atom. The van der Waals surface area contributed by atoms with Crippen molar-refractivity contribution in [1.82, 2.24) is 10.2 Å². The van der Waals surface area contributed by atoms with Crippen molar-refractivity contribution in [2.45, 2.75) is 58.4 Å². The zero-order valence-electron chi connectivity index (χ0n) is 13.1. The van der Waals surface area contributed by atoms with E-state index in [4.69, 9.17) is 4.74 Å². The highest BCUT2D eigenvalue weighted by Gasteiger charge is 2.28. The van der Waals surface area contributed by atoms with Gasteiger partial charge in [0.2, 0.25) is 0 Å².